The number of benzene rings is 1. The summed E-state index contributed by atoms with van der Waals surface area (Å²) in [5, 5.41) is 14.0. The van der Waals surface area contributed by atoms with Crippen LogP contribution in [0.3, 0.4) is 0 Å². The van der Waals surface area contributed by atoms with E-state index in [1.165, 1.54) is 17.4 Å². The predicted octanol–water partition coefficient (Wildman–Crippen LogP) is 6.33. The highest BCUT2D eigenvalue weighted by Gasteiger charge is 2.12. The molecule has 4 aromatic rings. The van der Waals surface area contributed by atoms with Crippen molar-refractivity contribution in [2.75, 3.05) is 0 Å². The van der Waals surface area contributed by atoms with Gasteiger partial charge in [-0.2, -0.15) is 5.26 Å². The summed E-state index contributed by atoms with van der Waals surface area (Å²) >= 11 is 3.01. The molecule has 3 aromatic heterocycles. The van der Waals surface area contributed by atoms with Crippen molar-refractivity contribution < 1.29 is 8.81 Å². The van der Waals surface area contributed by atoms with Crippen LogP contribution in [-0.2, 0) is 0 Å². The molecule has 0 radical (unpaired) electrons. The zero-order chi connectivity index (χ0) is 17.9. The number of nitriles is 1. The average Bonchev–Trinajstić information content (AvgIpc) is 3.40. The van der Waals surface area contributed by atoms with Crippen molar-refractivity contribution in [1.82, 2.24) is 4.98 Å². The Hall–Kier alpha value is -3.01. The summed E-state index contributed by atoms with van der Waals surface area (Å²) in [6, 6.07) is 15.9. The molecule has 0 N–H and O–H groups in total. The maximum atomic E-state index is 13.9. The minimum absolute atomic E-state index is 0.349. The SMILES string of the molecule is N#CC(=Cc1ccc(-c2ccccc2F)o1)c1nc(-c2cccs2)cs1. The maximum absolute atomic E-state index is 13.9. The molecule has 0 spiro atoms. The van der Waals surface area contributed by atoms with E-state index in [0.29, 0.717) is 27.7 Å². The highest BCUT2D eigenvalue weighted by atomic mass is 32.1. The van der Waals surface area contributed by atoms with Gasteiger partial charge in [-0.3, -0.25) is 0 Å². The molecule has 0 bridgehead atoms. The summed E-state index contributed by atoms with van der Waals surface area (Å²) in [6.45, 7) is 0. The van der Waals surface area contributed by atoms with Crippen LogP contribution in [0.2, 0.25) is 0 Å². The summed E-state index contributed by atoms with van der Waals surface area (Å²) in [6.07, 6.45) is 1.63. The molecule has 1 aromatic carbocycles. The smallest absolute Gasteiger partial charge is 0.137 e. The average molecular weight is 378 g/mol. The van der Waals surface area contributed by atoms with Crippen molar-refractivity contribution in [3.8, 4) is 28.0 Å². The van der Waals surface area contributed by atoms with Crippen molar-refractivity contribution in [3.63, 3.8) is 0 Å². The lowest BCUT2D eigenvalue weighted by molar-refractivity contribution is 0.561. The molecule has 3 nitrogen and oxygen atoms in total. The number of allylic oxidation sites excluding steroid dienone is 1. The maximum Gasteiger partial charge on any atom is 0.137 e. The summed E-state index contributed by atoms with van der Waals surface area (Å²) in [4.78, 5) is 5.60. The van der Waals surface area contributed by atoms with Crippen LogP contribution in [-0.4, -0.2) is 4.98 Å². The number of nitrogens with zero attached hydrogens (tertiary/aromatic N) is 2. The Labute approximate surface area is 157 Å². The summed E-state index contributed by atoms with van der Waals surface area (Å²) in [5.41, 5.74) is 1.65. The van der Waals surface area contributed by atoms with E-state index in [1.54, 1.807) is 47.7 Å². The van der Waals surface area contributed by atoms with E-state index in [0.717, 1.165) is 10.6 Å². The van der Waals surface area contributed by atoms with Gasteiger partial charge in [0, 0.05) is 11.5 Å². The van der Waals surface area contributed by atoms with Gasteiger partial charge in [0.25, 0.3) is 0 Å². The van der Waals surface area contributed by atoms with Gasteiger partial charge < -0.3 is 4.42 Å². The van der Waals surface area contributed by atoms with Crippen molar-refractivity contribution in [1.29, 1.82) is 5.26 Å². The summed E-state index contributed by atoms with van der Waals surface area (Å²) in [5.74, 6) is 0.552. The minimum atomic E-state index is -0.349. The summed E-state index contributed by atoms with van der Waals surface area (Å²) < 4.78 is 19.6. The Morgan fingerprint density at radius 1 is 1.12 bits per heavy atom. The van der Waals surface area contributed by atoms with E-state index in [2.05, 4.69) is 11.1 Å². The van der Waals surface area contributed by atoms with Crippen LogP contribution in [0.25, 0.3) is 33.5 Å². The van der Waals surface area contributed by atoms with Gasteiger partial charge in [0.2, 0.25) is 0 Å². The van der Waals surface area contributed by atoms with E-state index in [9.17, 15) is 9.65 Å². The van der Waals surface area contributed by atoms with Crippen molar-refractivity contribution in [3.05, 3.63) is 75.9 Å². The predicted molar refractivity (Wildman–Crippen MR) is 103 cm³/mol. The van der Waals surface area contributed by atoms with Crippen molar-refractivity contribution in [2.24, 2.45) is 0 Å². The molecule has 0 amide bonds. The monoisotopic (exact) mass is 378 g/mol. The second kappa shape index (κ2) is 7.08. The number of hydrogen-bond donors (Lipinski definition) is 0. The third-order valence-corrected chi connectivity index (χ3v) is 5.45. The van der Waals surface area contributed by atoms with Crippen LogP contribution < -0.4 is 0 Å². The van der Waals surface area contributed by atoms with Gasteiger partial charge in [-0.1, -0.05) is 18.2 Å². The first-order chi connectivity index (χ1) is 12.7. The number of aromatic nitrogens is 1. The molecule has 6 heteroatoms. The first kappa shape index (κ1) is 16.5. The molecule has 0 aliphatic rings. The Kier molecular flexibility index (Phi) is 4.48. The molecule has 126 valence electrons. The number of hydrogen-bond acceptors (Lipinski definition) is 5. The van der Waals surface area contributed by atoms with Gasteiger partial charge in [0.15, 0.2) is 0 Å². The van der Waals surface area contributed by atoms with Crippen LogP contribution in [0.4, 0.5) is 4.39 Å². The van der Waals surface area contributed by atoms with Crippen LogP contribution >= 0.6 is 22.7 Å². The lowest BCUT2D eigenvalue weighted by Gasteiger charge is -1.98. The van der Waals surface area contributed by atoms with E-state index < -0.39 is 0 Å². The first-order valence-electron chi connectivity index (χ1n) is 7.71. The van der Waals surface area contributed by atoms with Gasteiger partial charge in [0.1, 0.15) is 28.4 Å². The third-order valence-electron chi connectivity index (χ3n) is 3.68. The molecule has 4 rings (SSSR count). The Balaban J connectivity index is 1.65. The summed E-state index contributed by atoms with van der Waals surface area (Å²) in [7, 11) is 0. The van der Waals surface area contributed by atoms with E-state index in [1.807, 2.05) is 22.9 Å². The standard InChI is InChI=1S/C20H11FN2OS2/c21-16-5-2-1-4-15(16)18-8-7-14(24-18)10-13(11-22)20-23-17(12-26-20)19-6-3-9-25-19/h1-10,12H. The van der Waals surface area contributed by atoms with Crippen LogP contribution in [0.15, 0.2) is 63.7 Å². The van der Waals surface area contributed by atoms with Crippen LogP contribution in [0, 0.1) is 17.1 Å². The lowest BCUT2D eigenvalue weighted by atomic mass is 10.1. The fraction of sp³-hybridized carbons (Fsp3) is 0. The first-order valence-corrected chi connectivity index (χ1v) is 9.47. The molecule has 26 heavy (non-hydrogen) atoms. The van der Waals surface area contributed by atoms with Gasteiger partial charge in [-0.25, -0.2) is 9.37 Å². The van der Waals surface area contributed by atoms with E-state index >= 15 is 0 Å². The number of thiazole rings is 1. The number of halogens is 1. The van der Waals surface area contributed by atoms with Crippen LogP contribution in [0.1, 0.15) is 10.8 Å². The Morgan fingerprint density at radius 2 is 2.00 bits per heavy atom. The molecule has 0 atom stereocenters. The zero-order valence-corrected chi connectivity index (χ0v) is 15.0. The topological polar surface area (TPSA) is 49.8 Å². The lowest BCUT2D eigenvalue weighted by Crippen LogP contribution is -1.81. The Bertz CT molecular complexity index is 1120. The fourth-order valence-electron chi connectivity index (χ4n) is 2.46. The molecule has 0 saturated heterocycles. The fourth-order valence-corrected chi connectivity index (χ4v) is 4.00. The molecule has 0 saturated carbocycles. The van der Waals surface area contributed by atoms with Gasteiger partial charge in [0.05, 0.1) is 21.7 Å². The van der Waals surface area contributed by atoms with E-state index in [4.69, 9.17) is 4.42 Å². The zero-order valence-electron chi connectivity index (χ0n) is 13.3. The second-order valence-corrected chi connectivity index (χ2v) is 7.17. The van der Waals surface area contributed by atoms with Crippen molar-refractivity contribution >= 4 is 34.3 Å². The molecule has 0 fully saturated rings. The molecular weight excluding hydrogens is 367 g/mol. The van der Waals surface area contributed by atoms with Gasteiger partial charge in [-0.05, 0) is 35.7 Å². The largest absolute Gasteiger partial charge is 0.457 e. The molecule has 3 heterocycles. The minimum Gasteiger partial charge on any atom is -0.457 e. The van der Waals surface area contributed by atoms with Gasteiger partial charge in [-0.15, -0.1) is 22.7 Å². The Morgan fingerprint density at radius 3 is 2.77 bits per heavy atom. The highest BCUT2D eigenvalue weighted by molar-refractivity contribution is 7.14. The quantitative estimate of drug-likeness (QED) is 0.390. The van der Waals surface area contributed by atoms with Crippen molar-refractivity contribution in [2.45, 2.75) is 0 Å². The molecule has 0 unspecified atom stereocenters. The van der Waals surface area contributed by atoms with Gasteiger partial charge >= 0.3 is 0 Å². The van der Waals surface area contributed by atoms with Crippen LogP contribution in [0.5, 0.6) is 0 Å². The number of thiophene rings is 1. The molecule has 0 aliphatic heterocycles. The molecule has 0 aliphatic carbocycles. The highest BCUT2D eigenvalue weighted by Crippen LogP contribution is 2.31. The van der Waals surface area contributed by atoms with E-state index in [-0.39, 0.29) is 5.82 Å². The molecular formula is C20H11FN2OS2. The normalized spacial score (nSPS) is 11.5. The second-order valence-electron chi connectivity index (χ2n) is 5.37. The third kappa shape index (κ3) is 3.23. The number of furan rings is 1. The number of rotatable bonds is 4.